The number of piperidine rings is 1. The molecule has 0 radical (unpaired) electrons. The van der Waals surface area contributed by atoms with Crippen molar-refractivity contribution in [2.75, 3.05) is 13.7 Å². The summed E-state index contributed by atoms with van der Waals surface area (Å²) >= 11 is 0. The van der Waals surface area contributed by atoms with Crippen molar-refractivity contribution in [3.8, 4) is 0 Å². The normalized spacial score (nSPS) is 27.5. The van der Waals surface area contributed by atoms with Crippen LogP contribution in [-0.4, -0.2) is 37.2 Å². The largest absolute Gasteiger partial charge is 0.369 e. The third-order valence-corrected chi connectivity index (χ3v) is 3.14. The number of ether oxygens (including phenoxy) is 1. The van der Waals surface area contributed by atoms with E-state index < -0.39 is 5.60 Å². The summed E-state index contributed by atoms with van der Waals surface area (Å²) in [5, 5.41) is 6.38. The van der Waals surface area contributed by atoms with Gasteiger partial charge in [-0.2, -0.15) is 0 Å². The van der Waals surface area contributed by atoms with Crippen LogP contribution in [0.4, 0.5) is 0 Å². The predicted octanol–water partition coefficient (Wildman–Crippen LogP) is 0.668. The van der Waals surface area contributed by atoms with Crippen molar-refractivity contribution >= 4 is 5.91 Å². The fraction of sp³-hybridized carbons (Fsp3) is 0.909. The van der Waals surface area contributed by atoms with Gasteiger partial charge in [-0.05, 0) is 40.2 Å². The van der Waals surface area contributed by atoms with Gasteiger partial charge < -0.3 is 15.4 Å². The average Bonchev–Trinajstić information content (AvgIpc) is 2.21. The SMILES string of the molecule is COC(C)(C)C(=O)NC1CCCNC1C. The smallest absolute Gasteiger partial charge is 0.251 e. The Bertz CT molecular complexity index is 229. The van der Waals surface area contributed by atoms with E-state index >= 15 is 0 Å². The van der Waals surface area contributed by atoms with Crippen LogP contribution in [0.25, 0.3) is 0 Å². The fourth-order valence-electron chi connectivity index (χ4n) is 1.68. The molecule has 0 aromatic heterocycles. The number of amides is 1. The summed E-state index contributed by atoms with van der Waals surface area (Å²) in [6, 6.07) is 0.566. The van der Waals surface area contributed by atoms with E-state index in [-0.39, 0.29) is 11.9 Å². The van der Waals surface area contributed by atoms with Crippen molar-refractivity contribution in [3.63, 3.8) is 0 Å². The lowest BCUT2D eigenvalue weighted by Crippen LogP contribution is -2.56. The van der Waals surface area contributed by atoms with Gasteiger partial charge in [0.15, 0.2) is 0 Å². The first-order valence-corrected chi connectivity index (χ1v) is 5.57. The summed E-state index contributed by atoms with van der Waals surface area (Å²) in [4.78, 5) is 11.8. The molecule has 88 valence electrons. The van der Waals surface area contributed by atoms with E-state index in [0.717, 1.165) is 19.4 Å². The van der Waals surface area contributed by atoms with Crippen LogP contribution in [0.1, 0.15) is 33.6 Å². The van der Waals surface area contributed by atoms with E-state index in [9.17, 15) is 4.79 Å². The molecule has 1 heterocycles. The van der Waals surface area contributed by atoms with E-state index in [4.69, 9.17) is 4.74 Å². The minimum absolute atomic E-state index is 0.0365. The van der Waals surface area contributed by atoms with E-state index in [1.807, 2.05) is 0 Å². The summed E-state index contributed by atoms with van der Waals surface area (Å²) < 4.78 is 5.14. The van der Waals surface area contributed by atoms with Gasteiger partial charge in [-0.25, -0.2) is 0 Å². The molecule has 1 rings (SSSR count). The maximum atomic E-state index is 11.8. The zero-order chi connectivity index (χ0) is 11.5. The van der Waals surface area contributed by atoms with Gasteiger partial charge in [0.2, 0.25) is 0 Å². The molecule has 0 aromatic rings. The van der Waals surface area contributed by atoms with Gasteiger partial charge in [0.05, 0.1) is 0 Å². The van der Waals surface area contributed by atoms with Crippen LogP contribution < -0.4 is 10.6 Å². The maximum Gasteiger partial charge on any atom is 0.251 e. The first-order valence-electron chi connectivity index (χ1n) is 5.57. The highest BCUT2D eigenvalue weighted by molar-refractivity contribution is 5.84. The van der Waals surface area contributed by atoms with Crippen LogP contribution in [0.2, 0.25) is 0 Å². The minimum atomic E-state index is -0.739. The molecule has 15 heavy (non-hydrogen) atoms. The molecule has 1 aliphatic rings. The van der Waals surface area contributed by atoms with Gasteiger partial charge in [0.25, 0.3) is 5.91 Å². The second-order valence-electron chi connectivity index (χ2n) is 4.68. The lowest BCUT2D eigenvalue weighted by atomic mass is 9.98. The lowest BCUT2D eigenvalue weighted by molar-refractivity contribution is -0.140. The maximum absolute atomic E-state index is 11.8. The Hall–Kier alpha value is -0.610. The lowest BCUT2D eigenvalue weighted by Gasteiger charge is -2.33. The summed E-state index contributed by atoms with van der Waals surface area (Å²) in [7, 11) is 1.56. The first kappa shape index (κ1) is 12.5. The Kier molecular flexibility index (Phi) is 4.11. The molecule has 0 spiro atoms. The van der Waals surface area contributed by atoms with Crippen molar-refractivity contribution < 1.29 is 9.53 Å². The van der Waals surface area contributed by atoms with E-state index in [0.29, 0.717) is 6.04 Å². The van der Waals surface area contributed by atoms with Crippen LogP contribution >= 0.6 is 0 Å². The average molecular weight is 214 g/mol. The van der Waals surface area contributed by atoms with Crippen molar-refractivity contribution in [2.45, 2.75) is 51.3 Å². The predicted molar refractivity (Wildman–Crippen MR) is 59.7 cm³/mol. The number of hydrogen-bond acceptors (Lipinski definition) is 3. The van der Waals surface area contributed by atoms with Gasteiger partial charge in [0.1, 0.15) is 5.60 Å². The van der Waals surface area contributed by atoms with Crippen molar-refractivity contribution in [3.05, 3.63) is 0 Å². The molecule has 4 heteroatoms. The van der Waals surface area contributed by atoms with Crippen LogP contribution in [-0.2, 0) is 9.53 Å². The quantitative estimate of drug-likeness (QED) is 0.726. The number of rotatable bonds is 3. The second-order valence-corrected chi connectivity index (χ2v) is 4.68. The van der Waals surface area contributed by atoms with E-state index in [1.165, 1.54) is 0 Å². The molecule has 1 amide bonds. The molecule has 2 atom stereocenters. The third kappa shape index (κ3) is 3.18. The van der Waals surface area contributed by atoms with Gasteiger partial charge >= 0.3 is 0 Å². The monoisotopic (exact) mass is 214 g/mol. The Labute approximate surface area is 91.8 Å². The Morgan fingerprint density at radius 2 is 2.20 bits per heavy atom. The van der Waals surface area contributed by atoms with Gasteiger partial charge in [-0.3, -0.25) is 4.79 Å². The Morgan fingerprint density at radius 1 is 1.53 bits per heavy atom. The number of nitrogens with one attached hydrogen (secondary N) is 2. The second kappa shape index (κ2) is 4.94. The molecule has 0 aliphatic carbocycles. The number of hydrogen-bond donors (Lipinski definition) is 2. The first-order chi connectivity index (χ1) is 6.97. The molecule has 1 fully saturated rings. The highest BCUT2D eigenvalue weighted by Crippen LogP contribution is 2.12. The number of methoxy groups -OCH3 is 1. The zero-order valence-corrected chi connectivity index (χ0v) is 10.1. The van der Waals surface area contributed by atoms with E-state index in [2.05, 4.69) is 17.6 Å². The topological polar surface area (TPSA) is 50.4 Å². The van der Waals surface area contributed by atoms with Crippen LogP contribution in [0, 0.1) is 0 Å². The molecular weight excluding hydrogens is 192 g/mol. The Balaban J connectivity index is 2.50. The number of carbonyl (C=O) groups is 1. The standard InChI is InChI=1S/C11H22N2O2/c1-8-9(6-5-7-12-8)13-10(14)11(2,3)15-4/h8-9,12H,5-7H2,1-4H3,(H,13,14). The summed E-state index contributed by atoms with van der Waals surface area (Å²) in [5.41, 5.74) is -0.739. The zero-order valence-electron chi connectivity index (χ0n) is 10.1. The molecule has 2 N–H and O–H groups in total. The molecular formula is C11H22N2O2. The summed E-state index contributed by atoms with van der Waals surface area (Å²) in [6.45, 7) is 6.71. The molecule has 0 saturated carbocycles. The molecule has 2 unspecified atom stereocenters. The van der Waals surface area contributed by atoms with Crippen LogP contribution in [0.5, 0.6) is 0 Å². The molecule has 4 nitrogen and oxygen atoms in total. The summed E-state index contributed by atoms with van der Waals surface area (Å²) in [5.74, 6) is -0.0365. The van der Waals surface area contributed by atoms with E-state index in [1.54, 1.807) is 21.0 Å². The molecule has 1 saturated heterocycles. The van der Waals surface area contributed by atoms with Crippen molar-refractivity contribution in [2.24, 2.45) is 0 Å². The summed E-state index contributed by atoms with van der Waals surface area (Å²) in [6.07, 6.45) is 2.16. The van der Waals surface area contributed by atoms with Crippen LogP contribution in [0.15, 0.2) is 0 Å². The number of carbonyl (C=O) groups excluding carboxylic acids is 1. The van der Waals surface area contributed by atoms with Crippen molar-refractivity contribution in [1.29, 1.82) is 0 Å². The molecule has 0 aromatic carbocycles. The van der Waals surface area contributed by atoms with Gasteiger partial charge in [0, 0.05) is 19.2 Å². The highest BCUT2D eigenvalue weighted by atomic mass is 16.5. The third-order valence-electron chi connectivity index (χ3n) is 3.14. The van der Waals surface area contributed by atoms with Crippen molar-refractivity contribution in [1.82, 2.24) is 10.6 Å². The van der Waals surface area contributed by atoms with Gasteiger partial charge in [-0.1, -0.05) is 0 Å². The fourth-order valence-corrected chi connectivity index (χ4v) is 1.68. The Morgan fingerprint density at radius 3 is 2.73 bits per heavy atom. The molecule has 1 aliphatic heterocycles. The minimum Gasteiger partial charge on any atom is -0.369 e. The highest BCUT2D eigenvalue weighted by Gasteiger charge is 2.31. The van der Waals surface area contributed by atoms with Crippen LogP contribution in [0.3, 0.4) is 0 Å². The van der Waals surface area contributed by atoms with Gasteiger partial charge in [-0.15, -0.1) is 0 Å². The molecule has 0 bridgehead atoms.